The van der Waals surface area contributed by atoms with Crippen LogP contribution in [-0.4, -0.2) is 35.2 Å². The lowest BCUT2D eigenvalue weighted by Gasteiger charge is -2.24. The summed E-state index contributed by atoms with van der Waals surface area (Å²) in [5.41, 5.74) is 3.20. The number of carbonyl (C=O) groups is 1. The van der Waals surface area contributed by atoms with E-state index in [-0.39, 0.29) is 18.1 Å². The summed E-state index contributed by atoms with van der Waals surface area (Å²) in [6.07, 6.45) is 7.31. The zero-order valence-corrected chi connectivity index (χ0v) is 15.4. The van der Waals surface area contributed by atoms with Gasteiger partial charge in [-0.25, -0.2) is 14.8 Å². The third-order valence-corrected chi connectivity index (χ3v) is 4.67. The maximum Gasteiger partial charge on any atom is 0.316 e. The first-order valence-corrected chi connectivity index (χ1v) is 9.26. The van der Waals surface area contributed by atoms with E-state index in [0.717, 1.165) is 24.0 Å². The third kappa shape index (κ3) is 4.71. The van der Waals surface area contributed by atoms with Gasteiger partial charge >= 0.3 is 12.0 Å². The minimum absolute atomic E-state index is 0.127. The Labute approximate surface area is 154 Å². The summed E-state index contributed by atoms with van der Waals surface area (Å²) in [6, 6.07) is 8.61. The number of hydrogen-bond donors (Lipinski definition) is 2. The van der Waals surface area contributed by atoms with Crippen molar-refractivity contribution in [2.24, 2.45) is 0 Å². The van der Waals surface area contributed by atoms with E-state index in [9.17, 15) is 4.79 Å². The Morgan fingerprint density at radius 3 is 2.42 bits per heavy atom. The molecular formula is C20H26N4O2. The average molecular weight is 354 g/mol. The maximum atomic E-state index is 11.5. The number of benzene rings is 1. The third-order valence-electron chi connectivity index (χ3n) is 4.67. The Hall–Kier alpha value is -2.63. The molecule has 0 saturated heterocycles. The van der Waals surface area contributed by atoms with Crippen LogP contribution in [0.15, 0.2) is 36.7 Å². The highest BCUT2D eigenvalue weighted by Gasteiger charge is 2.20. The number of carbonyl (C=O) groups excluding carboxylic acids is 1. The second-order valence-electron chi connectivity index (χ2n) is 6.69. The lowest BCUT2D eigenvalue weighted by Crippen LogP contribution is -2.37. The lowest BCUT2D eigenvalue weighted by molar-refractivity contribution is 0.108. The zero-order chi connectivity index (χ0) is 18.4. The van der Waals surface area contributed by atoms with Crippen molar-refractivity contribution in [2.75, 3.05) is 13.1 Å². The van der Waals surface area contributed by atoms with E-state index in [2.05, 4.69) is 51.8 Å². The Kier molecular flexibility index (Phi) is 6.04. The number of nitrogens with zero attached hydrogens (tertiary/aromatic N) is 2. The summed E-state index contributed by atoms with van der Waals surface area (Å²) in [7, 11) is 0. The molecule has 1 heterocycles. The van der Waals surface area contributed by atoms with Crippen molar-refractivity contribution in [1.82, 2.24) is 20.6 Å². The normalized spacial score (nSPS) is 15.0. The van der Waals surface area contributed by atoms with E-state index < -0.39 is 0 Å². The highest BCUT2D eigenvalue weighted by Crippen LogP contribution is 2.25. The van der Waals surface area contributed by atoms with Crippen molar-refractivity contribution in [3.63, 3.8) is 0 Å². The van der Waals surface area contributed by atoms with Crippen LogP contribution in [0.1, 0.15) is 44.6 Å². The Morgan fingerprint density at radius 2 is 1.85 bits per heavy atom. The zero-order valence-electron chi connectivity index (χ0n) is 15.4. The van der Waals surface area contributed by atoms with Crippen molar-refractivity contribution < 1.29 is 9.53 Å². The van der Waals surface area contributed by atoms with E-state index in [0.29, 0.717) is 19.1 Å². The van der Waals surface area contributed by atoms with Crippen molar-refractivity contribution in [2.45, 2.75) is 45.1 Å². The lowest BCUT2D eigenvalue weighted by atomic mass is 9.96. The molecule has 2 N–H and O–H groups in total. The van der Waals surface area contributed by atoms with Crippen LogP contribution in [0.2, 0.25) is 0 Å². The fourth-order valence-corrected chi connectivity index (χ4v) is 2.75. The Morgan fingerprint density at radius 1 is 1.15 bits per heavy atom. The summed E-state index contributed by atoms with van der Waals surface area (Å²) in [4.78, 5) is 20.1. The van der Waals surface area contributed by atoms with Gasteiger partial charge in [-0.3, -0.25) is 0 Å². The smallest absolute Gasteiger partial charge is 0.316 e. The Balaban J connectivity index is 1.57. The molecule has 2 aromatic rings. The summed E-state index contributed by atoms with van der Waals surface area (Å²) < 4.78 is 5.69. The minimum atomic E-state index is -0.127. The van der Waals surface area contributed by atoms with Gasteiger partial charge in [-0.05, 0) is 43.2 Å². The van der Waals surface area contributed by atoms with Gasteiger partial charge in [0.15, 0.2) is 0 Å². The van der Waals surface area contributed by atoms with Gasteiger partial charge in [0.2, 0.25) is 0 Å². The van der Waals surface area contributed by atoms with Gasteiger partial charge < -0.3 is 15.4 Å². The van der Waals surface area contributed by atoms with Crippen LogP contribution in [-0.2, 0) is 0 Å². The molecule has 1 aromatic heterocycles. The molecule has 0 spiro atoms. The van der Waals surface area contributed by atoms with E-state index in [1.54, 1.807) is 12.4 Å². The van der Waals surface area contributed by atoms with Crippen LogP contribution in [0.25, 0.3) is 11.1 Å². The summed E-state index contributed by atoms with van der Waals surface area (Å²) in [5, 5.41) is 5.61. The molecule has 1 atom stereocenters. The quantitative estimate of drug-likeness (QED) is 0.798. The van der Waals surface area contributed by atoms with Gasteiger partial charge in [0.25, 0.3) is 0 Å². The molecule has 138 valence electrons. The topological polar surface area (TPSA) is 76.1 Å². The molecule has 6 heteroatoms. The largest absolute Gasteiger partial charge is 0.460 e. The predicted molar refractivity (Wildman–Crippen MR) is 101 cm³/mol. The summed E-state index contributed by atoms with van der Waals surface area (Å²) in [6.45, 7) is 5.22. The molecule has 0 aliphatic heterocycles. The molecule has 1 aliphatic rings. The van der Waals surface area contributed by atoms with Crippen LogP contribution in [0, 0.1) is 0 Å². The van der Waals surface area contributed by atoms with Crippen LogP contribution in [0.5, 0.6) is 6.01 Å². The van der Waals surface area contributed by atoms with Gasteiger partial charge in [-0.1, -0.05) is 31.2 Å². The van der Waals surface area contributed by atoms with Crippen LogP contribution < -0.4 is 15.4 Å². The fourth-order valence-electron chi connectivity index (χ4n) is 2.75. The molecule has 1 saturated carbocycles. The van der Waals surface area contributed by atoms with E-state index in [4.69, 9.17) is 4.74 Å². The second-order valence-corrected chi connectivity index (χ2v) is 6.69. The van der Waals surface area contributed by atoms with Crippen LogP contribution >= 0.6 is 0 Å². The Bertz CT molecular complexity index is 712. The highest BCUT2D eigenvalue weighted by molar-refractivity contribution is 5.73. The van der Waals surface area contributed by atoms with Gasteiger partial charge in [-0.2, -0.15) is 0 Å². The number of amides is 2. The second kappa shape index (κ2) is 8.65. The minimum Gasteiger partial charge on any atom is -0.460 e. The van der Waals surface area contributed by atoms with Crippen molar-refractivity contribution >= 4 is 6.03 Å². The van der Waals surface area contributed by atoms with Crippen molar-refractivity contribution in [3.8, 4) is 17.1 Å². The number of nitrogens with one attached hydrogen (secondary N) is 2. The number of rotatable bonds is 7. The highest BCUT2D eigenvalue weighted by atomic mass is 16.5. The van der Waals surface area contributed by atoms with Gasteiger partial charge in [0.1, 0.15) is 6.10 Å². The molecule has 26 heavy (non-hydrogen) atoms. The number of ether oxygens (including phenoxy) is 1. The van der Waals surface area contributed by atoms with Crippen LogP contribution in [0.3, 0.4) is 0 Å². The maximum absolute atomic E-state index is 11.5. The molecule has 2 amide bonds. The first-order valence-electron chi connectivity index (χ1n) is 9.26. The monoisotopic (exact) mass is 354 g/mol. The molecule has 1 unspecified atom stereocenters. The van der Waals surface area contributed by atoms with Crippen molar-refractivity contribution in [3.05, 3.63) is 42.2 Å². The molecule has 1 aromatic carbocycles. The van der Waals surface area contributed by atoms with Crippen molar-refractivity contribution in [1.29, 1.82) is 0 Å². The molecule has 0 bridgehead atoms. The molecular weight excluding hydrogens is 328 g/mol. The molecule has 3 rings (SSSR count). The molecule has 1 fully saturated rings. The van der Waals surface area contributed by atoms with E-state index in [1.165, 1.54) is 12.0 Å². The van der Waals surface area contributed by atoms with E-state index >= 15 is 0 Å². The van der Waals surface area contributed by atoms with E-state index in [1.807, 2.05) is 6.92 Å². The number of hydrogen-bond acceptors (Lipinski definition) is 4. The number of urea groups is 1. The first kappa shape index (κ1) is 18.2. The molecule has 0 radical (unpaired) electrons. The first-order chi connectivity index (χ1) is 12.7. The number of aromatic nitrogens is 2. The van der Waals surface area contributed by atoms with Gasteiger partial charge in [-0.15, -0.1) is 0 Å². The fraction of sp³-hybridized carbons (Fsp3) is 0.450. The standard InChI is InChI=1S/C20H26N4O2/c1-3-21-19(25)22-11-14(2)15-7-9-16(10-8-15)17-12-23-20(24-13-17)26-18-5-4-6-18/h7-10,12-14,18H,3-6,11H2,1-2H3,(H2,21,22,25). The SMILES string of the molecule is CCNC(=O)NCC(C)c1ccc(-c2cnc(OC3CCC3)nc2)cc1. The summed E-state index contributed by atoms with van der Waals surface area (Å²) in [5.74, 6) is 0.237. The predicted octanol–water partition coefficient (Wildman–Crippen LogP) is 3.50. The molecule has 6 nitrogen and oxygen atoms in total. The van der Waals surface area contributed by atoms with Gasteiger partial charge in [0.05, 0.1) is 0 Å². The van der Waals surface area contributed by atoms with Crippen LogP contribution in [0.4, 0.5) is 4.79 Å². The average Bonchev–Trinajstić information content (AvgIpc) is 2.64. The molecule has 1 aliphatic carbocycles. The summed E-state index contributed by atoms with van der Waals surface area (Å²) >= 11 is 0. The van der Waals surface area contributed by atoms with Gasteiger partial charge in [0, 0.05) is 31.0 Å².